The third kappa shape index (κ3) is 2.58. The number of nitrogens with zero attached hydrogens (tertiary/aromatic N) is 1. The van der Waals surface area contributed by atoms with E-state index in [0.717, 1.165) is 12.1 Å². The Morgan fingerprint density at radius 2 is 2.05 bits per heavy atom. The van der Waals surface area contributed by atoms with Crippen LogP contribution >= 0.6 is 0 Å². The van der Waals surface area contributed by atoms with Gasteiger partial charge in [0.15, 0.2) is 0 Å². The van der Waals surface area contributed by atoms with E-state index >= 15 is 0 Å². The first-order valence-corrected chi connectivity index (χ1v) is 6.08. The van der Waals surface area contributed by atoms with Gasteiger partial charge in [0.1, 0.15) is 6.17 Å². The van der Waals surface area contributed by atoms with Gasteiger partial charge in [0.2, 0.25) is 5.91 Å². The highest BCUT2D eigenvalue weighted by Gasteiger charge is 2.37. The highest BCUT2D eigenvalue weighted by Crippen LogP contribution is 2.32. The van der Waals surface area contributed by atoms with E-state index < -0.39 is 17.9 Å². The van der Waals surface area contributed by atoms with Gasteiger partial charge in [0.05, 0.1) is 11.6 Å². The number of benzene rings is 1. The van der Waals surface area contributed by atoms with Gasteiger partial charge < -0.3 is 4.90 Å². The summed E-state index contributed by atoms with van der Waals surface area (Å²) in [5.41, 5.74) is -0.246. The fraction of sp³-hybridized carbons (Fsp3) is 0.462. The standard InChI is InChI=1S/C13H15F3N2O/c1-3-18-11(17-8(2)12(18)19)9-5-4-6-10(7-9)13(14,15)16/h4-8,11,17H,3H2,1-2H3. The topological polar surface area (TPSA) is 32.3 Å². The molecule has 1 aromatic rings. The Morgan fingerprint density at radius 3 is 2.63 bits per heavy atom. The van der Waals surface area contributed by atoms with Gasteiger partial charge in [-0.25, -0.2) is 0 Å². The lowest BCUT2D eigenvalue weighted by Crippen LogP contribution is -2.30. The van der Waals surface area contributed by atoms with Crippen molar-refractivity contribution in [2.24, 2.45) is 0 Å². The summed E-state index contributed by atoms with van der Waals surface area (Å²) >= 11 is 0. The number of likely N-dealkylation sites (N-methyl/N-ethyl adjacent to an activating group) is 1. The van der Waals surface area contributed by atoms with Crippen LogP contribution in [0.2, 0.25) is 0 Å². The molecule has 1 fully saturated rings. The predicted molar refractivity (Wildman–Crippen MR) is 64.2 cm³/mol. The highest BCUT2D eigenvalue weighted by molar-refractivity contribution is 5.84. The molecule has 1 heterocycles. The molecule has 19 heavy (non-hydrogen) atoms. The van der Waals surface area contributed by atoms with E-state index in [1.807, 2.05) is 0 Å². The summed E-state index contributed by atoms with van der Waals surface area (Å²) < 4.78 is 38.1. The average Bonchev–Trinajstić information content (AvgIpc) is 2.64. The van der Waals surface area contributed by atoms with Crippen molar-refractivity contribution in [1.82, 2.24) is 10.2 Å². The van der Waals surface area contributed by atoms with E-state index in [-0.39, 0.29) is 11.9 Å². The predicted octanol–water partition coefficient (Wildman–Crippen LogP) is 2.54. The second kappa shape index (κ2) is 4.85. The lowest BCUT2D eigenvalue weighted by atomic mass is 10.1. The molecule has 0 saturated carbocycles. The van der Waals surface area contributed by atoms with Crippen LogP contribution in [-0.4, -0.2) is 23.4 Å². The van der Waals surface area contributed by atoms with Gasteiger partial charge >= 0.3 is 6.18 Å². The van der Waals surface area contributed by atoms with Gasteiger partial charge in [-0.3, -0.25) is 10.1 Å². The number of carbonyl (C=O) groups excluding carboxylic acids is 1. The molecule has 2 unspecified atom stereocenters. The molecular weight excluding hydrogens is 257 g/mol. The smallest absolute Gasteiger partial charge is 0.322 e. The number of hydrogen-bond donors (Lipinski definition) is 1. The number of nitrogens with one attached hydrogen (secondary N) is 1. The number of rotatable bonds is 2. The Morgan fingerprint density at radius 1 is 1.37 bits per heavy atom. The summed E-state index contributed by atoms with van der Waals surface area (Å²) in [6, 6.07) is 4.70. The molecule has 1 N–H and O–H groups in total. The van der Waals surface area contributed by atoms with Crippen molar-refractivity contribution in [1.29, 1.82) is 0 Å². The van der Waals surface area contributed by atoms with Crippen LogP contribution in [0.25, 0.3) is 0 Å². The van der Waals surface area contributed by atoms with Crippen LogP contribution in [0, 0.1) is 0 Å². The molecule has 0 aromatic heterocycles. The maximum Gasteiger partial charge on any atom is 0.416 e. The van der Waals surface area contributed by atoms with Crippen molar-refractivity contribution in [3.63, 3.8) is 0 Å². The summed E-state index contributed by atoms with van der Waals surface area (Å²) in [5, 5.41) is 3.01. The van der Waals surface area contributed by atoms with E-state index in [4.69, 9.17) is 0 Å². The maximum atomic E-state index is 12.7. The first-order chi connectivity index (χ1) is 8.84. The molecule has 1 aliphatic rings. The summed E-state index contributed by atoms with van der Waals surface area (Å²) in [7, 11) is 0. The van der Waals surface area contributed by atoms with E-state index in [9.17, 15) is 18.0 Å². The summed E-state index contributed by atoms with van der Waals surface area (Å²) in [6.45, 7) is 3.97. The molecule has 0 spiro atoms. The Bertz CT molecular complexity index is 487. The van der Waals surface area contributed by atoms with E-state index in [1.54, 1.807) is 24.8 Å². The molecule has 1 aliphatic heterocycles. The van der Waals surface area contributed by atoms with Crippen LogP contribution in [-0.2, 0) is 11.0 Å². The third-order valence-corrected chi connectivity index (χ3v) is 3.24. The minimum absolute atomic E-state index is 0.0927. The Balaban J connectivity index is 2.34. The molecule has 1 aromatic carbocycles. The van der Waals surface area contributed by atoms with Crippen molar-refractivity contribution in [3.8, 4) is 0 Å². The fourth-order valence-electron chi connectivity index (χ4n) is 2.27. The average molecular weight is 272 g/mol. The minimum Gasteiger partial charge on any atom is -0.322 e. The first-order valence-electron chi connectivity index (χ1n) is 6.08. The number of amides is 1. The number of halogens is 3. The van der Waals surface area contributed by atoms with Crippen molar-refractivity contribution in [2.45, 2.75) is 32.2 Å². The van der Waals surface area contributed by atoms with Crippen LogP contribution < -0.4 is 5.32 Å². The first kappa shape index (κ1) is 13.9. The zero-order valence-corrected chi connectivity index (χ0v) is 10.7. The monoisotopic (exact) mass is 272 g/mol. The van der Waals surface area contributed by atoms with Crippen molar-refractivity contribution in [2.75, 3.05) is 6.54 Å². The van der Waals surface area contributed by atoms with E-state index in [1.165, 1.54) is 6.07 Å². The third-order valence-electron chi connectivity index (χ3n) is 3.24. The van der Waals surface area contributed by atoms with Crippen LogP contribution in [0.15, 0.2) is 24.3 Å². The van der Waals surface area contributed by atoms with Crippen LogP contribution in [0.1, 0.15) is 31.1 Å². The molecule has 104 valence electrons. The number of carbonyl (C=O) groups is 1. The molecule has 0 bridgehead atoms. The normalized spacial score (nSPS) is 24.1. The Labute approximate surface area is 109 Å². The molecule has 0 radical (unpaired) electrons. The fourth-order valence-corrected chi connectivity index (χ4v) is 2.27. The summed E-state index contributed by atoms with van der Waals surface area (Å²) in [4.78, 5) is 13.4. The molecule has 6 heteroatoms. The molecular formula is C13H15F3N2O. The van der Waals surface area contributed by atoms with Crippen LogP contribution in [0.4, 0.5) is 13.2 Å². The van der Waals surface area contributed by atoms with Gasteiger partial charge in [-0.2, -0.15) is 13.2 Å². The summed E-state index contributed by atoms with van der Waals surface area (Å²) in [6.07, 6.45) is -4.86. The van der Waals surface area contributed by atoms with Crippen molar-refractivity contribution in [3.05, 3.63) is 35.4 Å². The highest BCUT2D eigenvalue weighted by atomic mass is 19.4. The zero-order valence-electron chi connectivity index (χ0n) is 10.7. The number of hydrogen-bond acceptors (Lipinski definition) is 2. The quantitative estimate of drug-likeness (QED) is 0.897. The second-order valence-corrected chi connectivity index (χ2v) is 4.54. The van der Waals surface area contributed by atoms with Crippen LogP contribution in [0.3, 0.4) is 0 Å². The van der Waals surface area contributed by atoms with Crippen molar-refractivity contribution < 1.29 is 18.0 Å². The van der Waals surface area contributed by atoms with E-state index in [0.29, 0.717) is 12.1 Å². The zero-order chi connectivity index (χ0) is 14.2. The molecule has 3 nitrogen and oxygen atoms in total. The van der Waals surface area contributed by atoms with Gasteiger partial charge in [0, 0.05) is 6.54 Å². The molecule has 0 aliphatic carbocycles. The van der Waals surface area contributed by atoms with Crippen molar-refractivity contribution >= 4 is 5.91 Å². The van der Waals surface area contributed by atoms with Gasteiger partial charge in [-0.1, -0.05) is 12.1 Å². The Hall–Kier alpha value is -1.56. The van der Waals surface area contributed by atoms with Gasteiger partial charge in [0.25, 0.3) is 0 Å². The lowest BCUT2D eigenvalue weighted by Gasteiger charge is -2.23. The maximum absolute atomic E-state index is 12.7. The molecule has 2 rings (SSSR count). The van der Waals surface area contributed by atoms with Gasteiger partial charge in [-0.05, 0) is 31.5 Å². The Kier molecular flexibility index (Phi) is 3.54. The number of alkyl halides is 3. The van der Waals surface area contributed by atoms with Crippen LogP contribution in [0.5, 0.6) is 0 Å². The van der Waals surface area contributed by atoms with E-state index in [2.05, 4.69) is 5.32 Å². The molecule has 2 atom stereocenters. The second-order valence-electron chi connectivity index (χ2n) is 4.54. The minimum atomic E-state index is -4.37. The molecule has 1 saturated heterocycles. The van der Waals surface area contributed by atoms with Gasteiger partial charge in [-0.15, -0.1) is 0 Å². The summed E-state index contributed by atoms with van der Waals surface area (Å²) in [5.74, 6) is -0.0927. The SMILES string of the molecule is CCN1C(=O)C(C)NC1c1cccc(C(F)(F)F)c1. The lowest BCUT2D eigenvalue weighted by molar-refractivity contribution is -0.137. The largest absolute Gasteiger partial charge is 0.416 e. The molecule has 1 amide bonds.